The summed E-state index contributed by atoms with van der Waals surface area (Å²) in [5.74, 6) is -0.338. The Morgan fingerprint density at radius 1 is 1.22 bits per heavy atom. The van der Waals surface area contributed by atoms with Crippen LogP contribution < -0.4 is 15.0 Å². The number of benzene rings is 2. The monoisotopic (exact) mass is 367 g/mol. The van der Waals surface area contributed by atoms with E-state index < -0.39 is 11.9 Å². The molecule has 27 heavy (non-hydrogen) atoms. The van der Waals surface area contributed by atoms with Crippen LogP contribution in [-0.4, -0.2) is 25.1 Å². The molecule has 1 aliphatic heterocycles. The summed E-state index contributed by atoms with van der Waals surface area (Å²) in [4.78, 5) is 14.7. The van der Waals surface area contributed by atoms with Crippen molar-refractivity contribution in [1.82, 2.24) is 0 Å². The number of carbonyl (C=O) groups is 1. The summed E-state index contributed by atoms with van der Waals surface area (Å²) >= 11 is 0. The molecule has 0 bridgehead atoms. The van der Waals surface area contributed by atoms with Gasteiger partial charge in [0.25, 0.3) is 5.91 Å². The van der Waals surface area contributed by atoms with E-state index in [4.69, 9.17) is 10.00 Å². The van der Waals surface area contributed by atoms with Crippen LogP contribution in [0.15, 0.2) is 42.5 Å². The second-order valence-corrected chi connectivity index (χ2v) is 6.60. The first-order valence-corrected chi connectivity index (χ1v) is 9.09. The third-order valence-corrected chi connectivity index (χ3v) is 4.56. The fourth-order valence-corrected chi connectivity index (χ4v) is 3.15. The van der Waals surface area contributed by atoms with Gasteiger partial charge in [-0.1, -0.05) is 6.07 Å². The molecule has 2 aromatic rings. The molecule has 1 saturated heterocycles. The minimum atomic E-state index is -0.795. The van der Waals surface area contributed by atoms with Crippen molar-refractivity contribution in [2.45, 2.75) is 32.3 Å². The lowest BCUT2D eigenvalue weighted by atomic mass is 10.1. The summed E-state index contributed by atoms with van der Waals surface area (Å²) in [6.45, 7) is 3.40. The van der Waals surface area contributed by atoms with Crippen molar-refractivity contribution >= 4 is 17.3 Å². The molecule has 6 heteroatoms. The predicted molar refractivity (Wildman–Crippen MR) is 102 cm³/mol. The van der Waals surface area contributed by atoms with Gasteiger partial charge in [-0.05, 0) is 62.6 Å². The van der Waals surface area contributed by atoms with Crippen molar-refractivity contribution in [2.75, 3.05) is 23.3 Å². The van der Waals surface area contributed by atoms with Gasteiger partial charge in [-0.3, -0.25) is 4.79 Å². The first-order chi connectivity index (χ1) is 13.1. The standard InChI is InChI=1S/C21H22FN3O2/c1-15(27-18-7-5-6-16(12-18)14-23)21(26)24-19-13-17(22)8-9-20(19)25-10-3-2-4-11-25/h5-9,12-13,15H,2-4,10-11H2,1H3,(H,24,26). The second-order valence-electron chi connectivity index (χ2n) is 6.60. The number of nitrogens with one attached hydrogen (secondary N) is 1. The summed E-state index contributed by atoms with van der Waals surface area (Å²) in [7, 11) is 0. The van der Waals surface area contributed by atoms with Crippen molar-refractivity contribution in [3.8, 4) is 11.8 Å². The highest BCUT2D eigenvalue weighted by atomic mass is 19.1. The Hall–Kier alpha value is -3.07. The Labute approximate surface area is 158 Å². The third-order valence-electron chi connectivity index (χ3n) is 4.56. The maximum Gasteiger partial charge on any atom is 0.265 e. The van der Waals surface area contributed by atoms with Gasteiger partial charge < -0.3 is 15.0 Å². The van der Waals surface area contributed by atoms with Gasteiger partial charge in [0.1, 0.15) is 11.6 Å². The van der Waals surface area contributed by atoms with E-state index >= 15 is 0 Å². The van der Waals surface area contributed by atoms with Crippen molar-refractivity contribution in [3.63, 3.8) is 0 Å². The topological polar surface area (TPSA) is 65.4 Å². The highest BCUT2D eigenvalue weighted by Crippen LogP contribution is 2.29. The molecule has 1 heterocycles. The first kappa shape index (κ1) is 18.7. The lowest BCUT2D eigenvalue weighted by Crippen LogP contribution is -2.33. The van der Waals surface area contributed by atoms with Gasteiger partial charge >= 0.3 is 0 Å². The maximum atomic E-state index is 13.8. The van der Waals surface area contributed by atoms with E-state index in [-0.39, 0.29) is 5.91 Å². The molecule has 1 amide bonds. The van der Waals surface area contributed by atoms with Crippen LogP contribution >= 0.6 is 0 Å². The van der Waals surface area contributed by atoms with Gasteiger partial charge in [-0.2, -0.15) is 5.26 Å². The zero-order valence-corrected chi connectivity index (χ0v) is 15.2. The SMILES string of the molecule is CC(Oc1cccc(C#N)c1)C(=O)Nc1cc(F)ccc1N1CCCCC1. The molecular formula is C21H22FN3O2. The van der Waals surface area contributed by atoms with Gasteiger partial charge in [0.15, 0.2) is 6.10 Å². The van der Waals surface area contributed by atoms with Crippen LogP contribution in [0.5, 0.6) is 5.75 Å². The van der Waals surface area contributed by atoms with Gasteiger partial charge in [-0.15, -0.1) is 0 Å². The van der Waals surface area contributed by atoms with E-state index in [1.54, 1.807) is 37.3 Å². The van der Waals surface area contributed by atoms with Crippen molar-refractivity contribution in [3.05, 3.63) is 53.8 Å². The predicted octanol–water partition coefficient (Wildman–Crippen LogP) is 4.09. The fourth-order valence-electron chi connectivity index (χ4n) is 3.15. The molecule has 1 N–H and O–H groups in total. The van der Waals surface area contributed by atoms with Crippen LogP contribution in [0, 0.1) is 17.1 Å². The second kappa shape index (κ2) is 8.54. The largest absolute Gasteiger partial charge is 0.481 e. The number of nitrogens with zero attached hydrogens (tertiary/aromatic N) is 2. The van der Waals surface area contributed by atoms with Crippen molar-refractivity contribution < 1.29 is 13.9 Å². The zero-order chi connectivity index (χ0) is 19.2. The van der Waals surface area contributed by atoms with Crippen LogP contribution in [-0.2, 0) is 4.79 Å². The number of hydrogen-bond acceptors (Lipinski definition) is 4. The van der Waals surface area contributed by atoms with E-state index in [0.29, 0.717) is 17.0 Å². The summed E-state index contributed by atoms with van der Waals surface area (Å²) in [6.07, 6.45) is 2.56. The minimum absolute atomic E-state index is 0.374. The highest BCUT2D eigenvalue weighted by molar-refractivity contribution is 5.97. The Balaban J connectivity index is 1.72. The van der Waals surface area contributed by atoms with Crippen LogP contribution in [0.3, 0.4) is 0 Å². The maximum absolute atomic E-state index is 13.8. The number of piperidine rings is 1. The number of ether oxygens (including phenoxy) is 1. The molecule has 5 nitrogen and oxygen atoms in total. The number of nitriles is 1. The third kappa shape index (κ3) is 4.76. The minimum Gasteiger partial charge on any atom is -0.481 e. The summed E-state index contributed by atoms with van der Waals surface area (Å²) in [5.41, 5.74) is 1.73. The number of halogens is 1. The average molecular weight is 367 g/mol. The summed E-state index contributed by atoms with van der Waals surface area (Å²) < 4.78 is 19.4. The molecule has 0 saturated carbocycles. The van der Waals surface area contributed by atoms with Gasteiger partial charge in [0.05, 0.1) is 23.0 Å². The number of anilines is 2. The Kier molecular flexibility index (Phi) is 5.92. The Bertz CT molecular complexity index is 857. The highest BCUT2D eigenvalue weighted by Gasteiger charge is 2.20. The first-order valence-electron chi connectivity index (χ1n) is 9.09. The Morgan fingerprint density at radius 2 is 2.00 bits per heavy atom. The smallest absolute Gasteiger partial charge is 0.265 e. The molecule has 1 atom stereocenters. The molecular weight excluding hydrogens is 345 g/mol. The number of rotatable bonds is 5. The molecule has 1 aliphatic rings. The lowest BCUT2D eigenvalue weighted by Gasteiger charge is -2.30. The molecule has 140 valence electrons. The summed E-state index contributed by atoms with van der Waals surface area (Å²) in [5, 5.41) is 11.7. The molecule has 3 rings (SSSR count). The fraction of sp³-hybridized carbons (Fsp3) is 0.333. The normalized spacial score (nSPS) is 14.9. The number of carbonyl (C=O) groups excluding carboxylic acids is 1. The van der Waals surface area contributed by atoms with E-state index in [9.17, 15) is 9.18 Å². The molecule has 0 spiro atoms. The van der Waals surface area contributed by atoms with Crippen LogP contribution in [0.1, 0.15) is 31.7 Å². The molecule has 2 aromatic carbocycles. The lowest BCUT2D eigenvalue weighted by molar-refractivity contribution is -0.122. The van der Waals surface area contributed by atoms with E-state index in [1.807, 2.05) is 6.07 Å². The van der Waals surface area contributed by atoms with Crippen molar-refractivity contribution in [2.24, 2.45) is 0 Å². The number of amides is 1. The number of hydrogen-bond donors (Lipinski definition) is 1. The van der Waals surface area contributed by atoms with Crippen LogP contribution in [0.2, 0.25) is 0 Å². The molecule has 0 aromatic heterocycles. The molecule has 0 radical (unpaired) electrons. The van der Waals surface area contributed by atoms with E-state index in [1.165, 1.54) is 18.6 Å². The van der Waals surface area contributed by atoms with Gasteiger partial charge in [0, 0.05) is 13.1 Å². The van der Waals surface area contributed by atoms with Gasteiger partial charge in [0.2, 0.25) is 0 Å². The Morgan fingerprint density at radius 3 is 2.74 bits per heavy atom. The molecule has 1 fully saturated rings. The summed E-state index contributed by atoms with van der Waals surface area (Å²) in [6, 6.07) is 13.1. The van der Waals surface area contributed by atoms with Crippen molar-refractivity contribution in [1.29, 1.82) is 5.26 Å². The van der Waals surface area contributed by atoms with E-state index in [0.717, 1.165) is 31.6 Å². The zero-order valence-electron chi connectivity index (χ0n) is 15.2. The quantitative estimate of drug-likeness (QED) is 0.864. The van der Waals surface area contributed by atoms with Crippen LogP contribution in [0.4, 0.5) is 15.8 Å². The average Bonchev–Trinajstić information content (AvgIpc) is 2.69. The van der Waals surface area contributed by atoms with Crippen LogP contribution in [0.25, 0.3) is 0 Å². The van der Waals surface area contributed by atoms with Gasteiger partial charge in [-0.25, -0.2) is 4.39 Å². The van der Waals surface area contributed by atoms with E-state index in [2.05, 4.69) is 10.2 Å². The molecule has 0 aliphatic carbocycles. The molecule has 1 unspecified atom stereocenters.